The Kier molecular flexibility index (Phi) is 4.71. The highest BCUT2D eigenvalue weighted by atomic mass is 16.5. The molecule has 4 aliphatic carbocycles. The lowest BCUT2D eigenvalue weighted by Gasteiger charge is -2.55. The summed E-state index contributed by atoms with van der Waals surface area (Å²) < 4.78 is 5.00. The van der Waals surface area contributed by atoms with Gasteiger partial charge in [0.15, 0.2) is 11.6 Å². The van der Waals surface area contributed by atoms with E-state index in [0.29, 0.717) is 6.42 Å². The lowest BCUT2D eigenvalue weighted by Crippen LogP contribution is -2.55. The van der Waals surface area contributed by atoms with Crippen molar-refractivity contribution < 1.29 is 23.9 Å². The predicted octanol–water partition coefficient (Wildman–Crippen LogP) is 3.47. The molecule has 3 fully saturated rings. The molecule has 4 aliphatic rings. The number of esters is 1. The van der Waals surface area contributed by atoms with E-state index in [1.165, 1.54) is 6.92 Å². The maximum Gasteiger partial charge on any atom is 0.303 e. The third-order valence-electron chi connectivity index (χ3n) is 8.36. The van der Waals surface area contributed by atoms with Crippen LogP contribution in [-0.4, -0.2) is 29.9 Å². The van der Waals surface area contributed by atoms with Gasteiger partial charge in [0.2, 0.25) is 0 Å². The lowest BCUT2D eigenvalue weighted by molar-refractivity contribution is -0.152. The van der Waals surface area contributed by atoms with Gasteiger partial charge >= 0.3 is 5.97 Å². The summed E-state index contributed by atoms with van der Waals surface area (Å²) in [6.07, 6.45) is 8.29. The van der Waals surface area contributed by atoms with Crippen molar-refractivity contribution in [1.82, 2.24) is 0 Å². The maximum atomic E-state index is 13.5. The van der Waals surface area contributed by atoms with Gasteiger partial charge in [0, 0.05) is 30.6 Å². The van der Waals surface area contributed by atoms with Gasteiger partial charge in [0.1, 0.15) is 12.4 Å². The molecular weight excluding hydrogens is 368 g/mol. The Morgan fingerprint density at radius 3 is 2.66 bits per heavy atom. The zero-order chi connectivity index (χ0) is 21.1. The molecular formula is C24H30O5. The molecule has 7 atom stereocenters. The molecule has 156 valence electrons. The van der Waals surface area contributed by atoms with Gasteiger partial charge in [-0.15, -0.1) is 0 Å². The number of hydrogen-bond donors (Lipinski definition) is 0. The highest BCUT2D eigenvalue weighted by Gasteiger charge is 2.64. The van der Waals surface area contributed by atoms with Crippen LogP contribution >= 0.6 is 0 Å². The second-order valence-electron chi connectivity index (χ2n) is 10.1. The molecule has 0 spiro atoms. The van der Waals surface area contributed by atoms with Crippen molar-refractivity contribution in [3.05, 3.63) is 23.8 Å². The maximum absolute atomic E-state index is 13.5. The zero-order valence-electron chi connectivity index (χ0n) is 17.7. The fraction of sp³-hybridized carbons (Fsp3) is 0.667. The number of rotatable bonds is 3. The van der Waals surface area contributed by atoms with Gasteiger partial charge in [-0.3, -0.25) is 19.2 Å². The molecule has 0 radical (unpaired) electrons. The van der Waals surface area contributed by atoms with Gasteiger partial charge in [-0.1, -0.05) is 32.4 Å². The number of ether oxygens (including phenoxy) is 1. The summed E-state index contributed by atoms with van der Waals surface area (Å²) in [6.45, 7) is 7.39. The van der Waals surface area contributed by atoms with Crippen molar-refractivity contribution in [3.8, 4) is 0 Å². The fourth-order valence-corrected chi connectivity index (χ4v) is 7.35. The first-order valence-corrected chi connectivity index (χ1v) is 10.7. The second-order valence-corrected chi connectivity index (χ2v) is 10.1. The summed E-state index contributed by atoms with van der Waals surface area (Å²) in [4.78, 5) is 49.5. The van der Waals surface area contributed by atoms with Gasteiger partial charge in [-0.05, 0) is 54.6 Å². The third-order valence-corrected chi connectivity index (χ3v) is 8.36. The predicted molar refractivity (Wildman–Crippen MR) is 107 cm³/mol. The van der Waals surface area contributed by atoms with Gasteiger partial charge in [-0.25, -0.2) is 0 Å². The van der Waals surface area contributed by atoms with Gasteiger partial charge < -0.3 is 4.74 Å². The average Bonchev–Trinajstić information content (AvgIpc) is 2.89. The molecule has 0 unspecified atom stereocenters. The summed E-state index contributed by atoms with van der Waals surface area (Å²) in [6, 6.07) is 0. The van der Waals surface area contributed by atoms with Crippen LogP contribution in [0.25, 0.3) is 0 Å². The highest BCUT2D eigenvalue weighted by Crippen LogP contribution is 2.66. The smallest absolute Gasteiger partial charge is 0.303 e. The number of carbonyl (C=O) groups is 4. The van der Waals surface area contributed by atoms with E-state index in [1.54, 1.807) is 12.2 Å². The standard InChI is InChI=1S/C24H30O5/c1-13-9-18-17-6-5-15-10-16(26)7-8-23(15,3)22(17)19(27)11-24(18,4)21(13)20(28)12-29-14(2)25/h7-8,10,13,17-18,21-22H,5-6,9,11-12H2,1-4H3/t13-,17+,18+,21-,22-,23+,24+/m1/s1. The SMILES string of the molecule is CC(=O)OCC(=O)[C@H]1[C@H](C)C[C@H]2[C@@H]3CCC4=CC(=O)C=C[C@]4(C)[C@H]3C(=O)C[C@@]21C. The minimum absolute atomic E-state index is 0.00893. The first-order chi connectivity index (χ1) is 13.6. The van der Waals surface area contributed by atoms with Crippen LogP contribution in [0.5, 0.6) is 0 Å². The number of fused-ring (bicyclic) bond motifs is 5. The fourth-order valence-electron chi connectivity index (χ4n) is 7.35. The molecule has 0 amide bonds. The summed E-state index contributed by atoms with van der Waals surface area (Å²) >= 11 is 0. The van der Waals surface area contributed by atoms with Gasteiger partial charge in [-0.2, -0.15) is 0 Å². The van der Waals surface area contributed by atoms with Crippen LogP contribution in [0.3, 0.4) is 0 Å². The van der Waals surface area contributed by atoms with Crippen LogP contribution in [0.15, 0.2) is 23.8 Å². The van der Waals surface area contributed by atoms with E-state index in [-0.39, 0.29) is 59.0 Å². The van der Waals surface area contributed by atoms with Crippen molar-refractivity contribution in [1.29, 1.82) is 0 Å². The normalized spacial score (nSPS) is 43.2. The molecule has 4 rings (SSSR count). The van der Waals surface area contributed by atoms with Crippen molar-refractivity contribution in [2.24, 2.45) is 40.4 Å². The molecule has 0 saturated heterocycles. The minimum atomic E-state index is -0.455. The monoisotopic (exact) mass is 398 g/mol. The van der Waals surface area contributed by atoms with E-state index in [2.05, 4.69) is 20.8 Å². The molecule has 0 heterocycles. The molecule has 0 aromatic rings. The van der Waals surface area contributed by atoms with Crippen LogP contribution < -0.4 is 0 Å². The summed E-state index contributed by atoms with van der Waals surface area (Å²) in [5.41, 5.74) is 0.302. The Morgan fingerprint density at radius 2 is 1.97 bits per heavy atom. The molecule has 0 bridgehead atoms. The molecule has 29 heavy (non-hydrogen) atoms. The summed E-state index contributed by atoms with van der Waals surface area (Å²) in [7, 11) is 0. The van der Waals surface area contributed by atoms with Crippen molar-refractivity contribution in [2.45, 2.75) is 53.4 Å². The highest BCUT2D eigenvalue weighted by molar-refractivity contribution is 6.02. The third kappa shape index (κ3) is 2.96. The van der Waals surface area contributed by atoms with E-state index in [4.69, 9.17) is 4.74 Å². The first-order valence-electron chi connectivity index (χ1n) is 10.7. The Balaban J connectivity index is 1.66. The quantitative estimate of drug-likeness (QED) is 0.680. The Labute approximate surface area is 171 Å². The Hall–Kier alpha value is -2.04. The van der Waals surface area contributed by atoms with Crippen LogP contribution in [0, 0.1) is 40.4 Å². The van der Waals surface area contributed by atoms with Gasteiger partial charge in [0.25, 0.3) is 0 Å². The summed E-state index contributed by atoms with van der Waals surface area (Å²) in [5, 5.41) is 0. The topological polar surface area (TPSA) is 77.5 Å². The number of allylic oxidation sites excluding steroid dienone is 4. The van der Waals surface area contributed by atoms with E-state index < -0.39 is 11.4 Å². The molecule has 5 heteroatoms. The van der Waals surface area contributed by atoms with Crippen molar-refractivity contribution >= 4 is 23.3 Å². The van der Waals surface area contributed by atoms with Crippen LogP contribution in [0.2, 0.25) is 0 Å². The van der Waals surface area contributed by atoms with E-state index in [9.17, 15) is 19.2 Å². The Bertz CT molecular complexity index is 851. The molecule has 0 aliphatic heterocycles. The van der Waals surface area contributed by atoms with Crippen molar-refractivity contribution in [3.63, 3.8) is 0 Å². The molecule has 5 nitrogen and oxygen atoms in total. The van der Waals surface area contributed by atoms with E-state index in [0.717, 1.165) is 24.8 Å². The number of ketones is 3. The van der Waals surface area contributed by atoms with Crippen LogP contribution in [0.1, 0.15) is 53.4 Å². The van der Waals surface area contributed by atoms with Crippen LogP contribution in [0.4, 0.5) is 0 Å². The number of carbonyl (C=O) groups excluding carboxylic acids is 4. The average molecular weight is 398 g/mol. The van der Waals surface area contributed by atoms with E-state index in [1.807, 2.05) is 6.08 Å². The van der Waals surface area contributed by atoms with Crippen LogP contribution in [-0.2, 0) is 23.9 Å². The molecule has 0 aromatic heterocycles. The van der Waals surface area contributed by atoms with Gasteiger partial charge in [0.05, 0.1) is 0 Å². The lowest BCUT2D eigenvalue weighted by atomic mass is 9.47. The first kappa shape index (κ1) is 20.2. The zero-order valence-corrected chi connectivity index (χ0v) is 17.7. The molecule has 3 saturated carbocycles. The Morgan fingerprint density at radius 1 is 1.24 bits per heavy atom. The number of hydrogen-bond acceptors (Lipinski definition) is 5. The van der Waals surface area contributed by atoms with E-state index >= 15 is 0 Å². The molecule has 0 aromatic carbocycles. The summed E-state index contributed by atoms with van der Waals surface area (Å²) in [5.74, 6) is -0.0170. The largest absolute Gasteiger partial charge is 0.458 e. The molecule has 0 N–H and O–H groups in total. The van der Waals surface area contributed by atoms with Crippen molar-refractivity contribution in [2.75, 3.05) is 6.61 Å². The minimum Gasteiger partial charge on any atom is -0.458 e. The second kappa shape index (κ2) is 6.75. The number of Topliss-reactive ketones (excluding diaryl/α,β-unsaturated/α-hetero) is 2.